The average Bonchev–Trinajstić information content (AvgIpc) is 3.06. The van der Waals surface area contributed by atoms with Crippen LogP contribution < -0.4 is 10.6 Å². The summed E-state index contributed by atoms with van der Waals surface area (Å²) >= 11 is 0. The van der Waals surface area contributed by atoms with Gasteiger partial charge in [0.1, 0.15) is 0 Å². The van der Waals surface area contributed by atoms with Gasteiger partial charge in [-0.15, -0.1) is 0 Å². The molecule has 0 aromatic heterocycles. The summed E-state index contributed by atoms with van der Waals surface area (Å²) in [6, 6.07) is 16.1. The van der Waals surface area contributed by atoms with Gasteiger partial charge in [0.2, 0.25) is 5.91 Å². The number of amides is 3. The molecule has 0 spiro atoms. The molecule has 1 saturated heterocycles. The van der Waals surface area contributed by atoms with E-state index in [0.29, 0.717) is 19.5 Å². The Hall–Kier alpha value is -2.82. The molecule has 0 saturated carbocycles. The molecule has 152 valence electrons. The summed E-state index contributed by atoms with van der Waals surface area (Å²) in [4.78, 5) is 26.6. The minimum absolute atomic E-state index is 0.0697. The average molecular weight is 392 g/mol. The van der Waals surface area contributed by atoms with Crippen molar-refractivity contribution < 1.29 is 9.59 Å². The van der Waals surface area contributed by atoms with E-state index in [-0.39, 0.29) is 24.0 Å². The van der Waals surface area contributed by atoms with Crippen molar-refractivity contribution in [2.24, 2.45) is 0 Å². The van der Waals surface area contributed by atoms with Gasteiger partial charge in [-0.1, -0.05) is 48.5 Å². The van der Waals surface area contributed by atoms with E-state index >= 15 is 0 Å². The van der Waals surface area contributed by atoms with E-state index in [1.807, 2.05) is 42.2 Å². The maximum absolute atomic E-state index is 12.5. The first-order chi connectivity index (χ1) is 14.1. The molecule has 2 aromatic rings. The standard InChI is InChI=1S/C24H29N3O2/c1-17(20-12-11-19-9-5-6-10-21(19)13-20)25-24(29)26-22-14-23(28)27(16-22)15-18-7-3-2-4-8-18/h2-4,7-8,11-13,17,22H,5-6,9-10,14-16H2,1H3,(H2,25,26,29). The Morgan fingerprint density at radius 2 is 1.86 bits per heavy atom. The molecule has 29 heavy (non-hydrogen) atoms. The second-order valence-electron chi connectivity index (χ2n) is 8.24. The van der Waals surface area contributed by atoms with Crippen molar-refractivity contribution in [3.8, 4) is 0 Å². The Kier molecular flexibility index (Phi) is 5.84. The lowest BCUT2D eigenvalue weighted by molar-refractivity contribution is -0.128. The quantitative estimate of drug-likeness (QED) is 0.816. The molecule has 1 aliphatic heterocycles. The number of carbonyl (C=O) groups is 2. The zero-order valence-corrected chi connectivity index (χ0v) is 17.0. The highest BCUT2D eigenvalue weighted by Gasteiger charge is 2.30. The molecule has 1 fully saturated rings. The molecule has 1 aliphatic carbocycles. The molecule has 4 rings (SSSR count). The monoisotopic (exact) mass is 391 g/mol. The molecule has 5 nitrogen and oxygen atoms in total. The molecule has 2 unspecified atom stereocenters. The van der Waals surface area contributed by atoms with Crippen molar-refractivity contribution in [1.29, 1.82) is 0 Å². The predicted molar refractivity (Wildman–Crippen MR) is 113 cm³/mol. The molecule has 2 atom stereocenters. The zero-order valence-electron chi connectivity index (χ0n) is 17.0. The molecule has 5 heteroatoms. The Morgan fingerprint density at radius 1 is 1.10 bits per heavy atom. The van der Waals surface area contributed by atoms with Gasteiger partial charge in [0.05, 0.1) is 12.1 Å². The number of rotatable bonds is 5. The van der Waals surface area contributed by atoms with Crippen LogP contribution in [0.5, 0.6) is 0 Å². The third kappa shape index (κ3) is 4.78. The van der Waals surface area contributed by atoms with Crippen molar-refractivity contribution in [2.75, 3.05) is 6.54 Å². The molecule has 2 aliphatic rings. The van der Waals surface area contributed by atoms with E-state index in [4.69, 9.17) is 0 Å². The van der Waals surface area contributed by atoms with Gasteiger partial charge < -0.3 is 15.5 Å². The molecule has 2 N–H and O–H groups in total. The fraction of sp³-hybridized carbons (Fsp3) is 0.417. The van der Waals surface area contributed by atoms with Crippen LogP contribution in [0, 0.1) is 0 Å². The molecule has 2 aromatic carbocycles. The smallest absolute Gasteiger partial charge is 0.315 e. The number of likely N-dealkylation sites (tertiary alicyclic amines) is 1. The van der Waals surface area contributed by atoms with Gasteiger partial charge in [-0.3, -0.25) is 4.79 Å². The van der Waals surface area contributed by atoms with Crippen LogP contribution in [-0.4, -0.2) is 29.4 Å². The van der Waals surface area contributed by atoms with Crippen molar-refractivity contribution in [2.45, 2.75) is 57.7 Å². The van der Waals surface area contributed by atoms with Gasteiger partial charge >= 0.3 is 6.03 Å². The van der Waals surface area contributed by atoms with Crippen LogP contribution in [0.4, 0.5) is 4.79 Å². The van der Waals surface area contributed by atoms with Crippen LogP contribution in [0.1, 0.15) is 54.5 Å². The second-order valence-corrected chi connectivity index (χ2v) is 8.24. The van der Waals surface area contributed by atoms with E-state index in [9.17, 15) is 9.59 Å². The van der Waals surface area contributed by atoms with Gasteiger partial charge in [0.15, 0.2) is 0 Å². The number of fused-ring (bicyclic) bond motifs is 1. The van der Waals surface area contributed by atoms with Gasteiger partial charge in [0, 0.05) is 19.5 Å². The fourth-order valence-electron chi connectivity index (χ4n) is 4.36. The molecular formula is C24H29N3O2. The Morgan fingerprint density at radius 3 is 2.66 bits per heavy atom. The third-order valence-electron chi connectivity index (χ3n) is 5.99. The van der Waals surface area contributed by atoms with Crippen LogP contribution in [-0.2, 0) is 24.2 Å². The first kappa shape index (κ1) is 19.5. The van der Waals surface area contributed by atoms with Crippen LogP contribution in [0.25, 0.3) is 0 Å². The fourth-order valence-corrected chi connectivity index (χ4v) is 4.36. The van der Waals surface area contributed by atoms with Crippen molar-refractivity contribution in [3.63, 3.8) is 0 Å². The number of nitrogens with zero attached hydrogens (tertiary/aromatic N) is 1. The number of urea groups is 1. The number of benzene rings is 2. The lowest BCUT2D eigenvalue weighted by Gasteiger charge is -2.21. The van der Waals surface area contributed by atoms with E-state index in [2.05, 4.69) is 28.8 Å². The van der Waals surface area contributed by atoms with Gasteiger partial charge in [0.25, 0.3) is 0 Å². The predicted octanol–water partition coefficient (Wildman–Crippen LogP) is 3.73. The van der Waals surface area contributed by atoms with E-state index in [1.165, 1.54) is 24.0 Å². The van der Waals surface area contributed by atoms with Crippen LogP contribution >= 0.6 is 0 Å². The van der Waals surface area contributed by atoms with Crippen molar-refractivity contribution >= 4 is 11.9 Å². The maximum Gasteiger partial charge on any atom is 0.315 e. The lowest BCUT2D eigenvalue weighted by atomic mass is 9.89. The van der Waals surface area contributed by atoms with Crippen LogP contribution in [0.2, 0.25) is 0 Å². The number of carbonyl (C=O) groups excluding carboxylic acids is 2. The van der Waals surface area contributed by atoms with Gasteiger partial charge in [-0.25, -0.2) is 4.79 Å². The summed E-state index contributed by atoms with van der Waals surface area (Å²) in [5, 5.41) is 6.00. The largest absolute Gasteiger partial charge is 0.336 e. The zero-order chi connectivity index (χ0) is 20.2. The number of hydrogen-bond donors (Lipinski definition) is 2. The molecule has 0 bridgehead atoms. The van der Waals surface area contributed by atoms with Crippen molar-refractivity contribution in [3.05, 3.63) is 70.8 Å². The summed E-state index contributed by atoms with van der Waals surface area (Å²) < 4.78 is 0. The first-order valence-electron chi connectivity index (χ1n) is 10.6. The highest BCUT2D eigenvalue weighted by atomic mass is 16.2. The minimum Gasteiger partial charge on any atom is -0.336 e. The number of nitrogens with one attached hydrogen (secondary N) is 2. The molecule has 0 radical (unpaired) electrons. The Labute approximate surface area is 172 Å². The van der Waals surface area contributed by atoms with Crippen LogP contribution in [0.15, 0.2) is 48.5 Å². The minimum atomic E-state index is -0.213. The van der Waals surface area contributed by atoms with E-state index < -0.39 is 0 Å². The SMILES string of the molecule is CC(NC(=O)NC1CC(=O)N(Cc2ccccc2)C1)c1ccc2c(c1)CCCC2. The van der Waals surface area contributed by atoms with Gasteiger partial charge in [-0.05, 0) is 54.9 Å². The Balaban J connectivity index is 1.30. The molecule has 3 amide bonds. The summed E-state index contributed by atoms with van der Waals surface area (Å²) in [6.07, 6.45) is 5.15. The lowest BCUT2D eigenvalue weighted by Crippen LogP contribution is -2.44. The highest BCUT2D eigenvalue weighted by molar-refractivity contribution is 5.81. The molecular weight excluding hydrogens is 362 g/mol. The summed E-state index contributed by atoms with van der Waals surface area (Å²) in [7, 11) is 0. The third-order valence-corrected chi connectivity index (χ3v) is 5.99. The topological polar surface area (TPSA) is 61.4 Å². The maximum atomic E-state index is 12.5. The van der Waals surface area contributed by atoms with Crippen LogP contribution in [0.3, 0.4) is 0 Å². The first-order valence-corrected chi connectivity index (χ1v) is 10.6. The molecule has 1 heterocycles. The van der Waals surface area contributed by atoms with Gasteiger partial charge in [-0.2, -0.15) is 0 Å². The van der Waals surface area contributed by atoms with E-state index in [1.54, 1.807) is 0 Å². The number of hydrogen-bond acceptors (Lipinski definition) is 2. The normalized spacial score (nSPS) is 19.6. The second kappa shape index (κ2) is 8.68. The number of aryl methyl sites for hydroxylation is 2. The summed E-state index contributed by atoms with van der Waals surface area (Å²) in [5.41, 5.74) is 5.10. The Bertz CT molecular complexity index is 881. The summed E-state index contributed by atoms with van der Waals surface area (Å²) in [6.45, 7) is 3.14. The van der Waals surface area contributed by atoms with E-state index in [0.717, 1.165) is 24.0 Å². The van der Waals surface area contributed by atoms with Crippen molar-refractivity contribution in [1.82, 2.24) is 15.5 Å². The summed E-state index contributed by atoms with van der Waals surface area (Å²) in [5.74, 6) is 0.0851. The highest BCUT2D eigenvalue weighted by Crippen LogP contribution is 2.24.